The molecule has 1 aromatic rings. The number of halogens is 1. The predicted molar refractivity (Wildman–Crippen MR) is 87.0 cm³/mol. The summed E-state index contributed by atoms with van der Waals surface area (Å²) in [5.41, 5.74) is 1.12. The van der Waals surface area contributed by atoms with Gasteiger partial charge in [-0.1, -0.05) is 17.7 Å². The Kier molecular flexibility index (Phi) is 5.04. The molecule has 116 valence electrons. The molecule has 2 saturated heterocycles. The number of rotatable bonds is 4. The Balaban J connectivity index is 1.58. The first-order valence-corrected chi connectivity index (χ1v) is 8.43. The summed E-state index contributed by atoms with van der Waals surface area (Å²) in [4.78, 5) is 2.51. The molecule has 2 aliphatic heterocycles. The second kappa shape index (κ2) is 6.99. The van der Waals surface area contributed by atoms with Gasteiger partial charge in [0.25, 0.3) is 0 Å². The van der Waals surface area contributed by atoms with Gasteiger partial charge in [-0.15, -0.1) is 0 Å². The molecule has 0 aliphatic carbocycles. The molecule has 21 heavy (non-hydrogen) atoms. The zero-order valence-electron chi connectivity index (χ0n) is 12.8. The zero-order valence-corrected chi connectivity index (χ0v) is 13.5. The number of ether oxygens (including phenoxy) is 1. The second-order valence-corrected chi connectivity index (χ2v) is 6.64. The van der Waals surface area contributed by atoms with Gasteiger partial charge in [-0.05, 0) is 63.4 Å². The van der Waals surface area contributed by atoms with Gasteiger partial charge in [-0.25, -0.2) is 0 Å². The maximum absolute atomic E-state index is 6.34. The highest BCUT2D eigenvalue weighted by molar-refractivity contribution is 6.31. The molecule has 1 unspecified atom stereocenters. The molecule has 1 atom stereocenters. The summed E-state index contributed by atoms with van der Waals surface area (Å²) in [5.74, 6) is 1.76. The van der Waals surface area contributed by atoms with E-state index in [4.69, 9.17) is 16.3 Å². The van der Waals surface area contributed by atoms with Crippen LogP contribution in [0, 0.1) is 5.92 Å². The van der Waals surface area contributed by atoms with Gasteiger partial charge in [-0.2, -0.15) is 0 Å². The average molecular weight is 309 g/mol. The van der Waals surface area contributed by atoms with Crippen molar-refractivity contribution in [1.29, 1.82) is 0 Å². The van der Waals surface area contributed by atoms with Crippen LogP contribution in [0.5, 0.6) is 5.75 Å². The first kappa shape index (κ1) is 15.1. The van der Waals surface area contributed by atoms with Crippen LogP contribution in [0.4, 0.5) is 0 Å². The van der Waals surface area contributed by atoms with E-state index in [1.54, 1.807) is 7.11 Å². The standard InChI is InChI=1S/C17H25ClN2O/c1-21-17-6-2-4-15(18)14(17)12-20-10-7-13(8-11-20)16-5-3-9-19-16/h2,4,6,13,16,19H,3,5,7-12H2,1H3. The third kappa shape index (κ3) is 3.53. The Hall–Kier alpha value is -0.770. The fourth-order valence-electron chi connectivity index (χ4n) is 3.73. The maximum atomic E-state index is 6.34. The van der Waals surface area contributed by atoms with Crippen LogP contribution in [0.15, 0.2) is 18.2 Å². The summed E-state index contributed by atoms with van der Waals surface area (Å²) >= 11 is 6.34. The van der Waals surface area contributed by atoms with E-state index in [1.807, 2.05) is 18.2 Å². The summed E-state index contributed by atoms with van der Waals surface area (Å²) in [6, 6.07) is 6.66. The Bertz CT molecular complexity index is 466. The molecule has 4 heteroatoms. The summed E-state index contributed by atoms with van der Waals surface area (Å²) in [6.07, 6.45) is 5.31. The van der Waals surface area contributed by atoms with Crippen molar-refractivity contribution in [1.82, 2.24) is 10.2 Å². The molecule has 3 rings (SSSR count). The van der Waals surface area contributed by atoms with E-state index in [0.29, 0.717) is 0 Å². The van der Waals surface area contributed by atoms with E-state index in [0.717, 1.165) is 47.9 Å². The maximum Gasteiger partial charge on any atom is 0.124 e. The fraction of sp³-hybridized carbons (Fsp3) is 0.647. The molecule has 1 N–H and O–H groups in total. The van der Waals surface area contributed by atoms with E-state index >= 15 is 0 Å². The number of nitrogens with one attached hydrogen (secondary N) is 1. The highest BCUT2D eigenvalue weighted by Gasteiger charge is 2.28. The molecule has 0 aromatic heterocycles. The van der Waals surface area contributed by atoms with Crippen molar-refractivity contribution in [3.63, 3.8) is 0 Å². The second-order valence-electron chi connectivity index (χ2n) is 6.24. The first-order chi connectivity index (χ1) is 10.3. The Morgan fingerprint density at radius 2 is 2.10 bits per heavy atom. The Labute approximate surface area is 132 Å². The molecule has 2 heterocycles. The Morgan fingerprint density at radius 1 is 1.29 bits per heavy atom. The van der Waals surface area contributed by atoms with Crippen molar-refractivity contribution in [2.24, 2.45) is 5.92 Å². The molecule has 0 amide bonds. The van der Waals surface area contributed by atoms with Gasteiger partial charge in [0.15, 0.2) is 0 Å². The molecule has 2 fully saturated rings. The van der Waals surface area contributed by atoms with Gasteiger partial charge in [0.05, 0.1) is 7.11 Å². The van der Waals surface area contributed by atoms with Crippen molar-refractivity contribution in [2.75, 3.05) is 26.7 Å². The van der Waals surface area contributed by atoms with Crippen molar-refractivity contribution in [3.8, 4) is 5.75 Å². The van der Waals surface area contributed by atoms with Crippen LogP contribution in [0.25, 0.3) is 0 Å². The third-order valence-electron chi connectivity index (χ3n) is 4.98. The minimum Gasteiger partial charge on any atom is -0.496 e. The predicted octanol–water partition coefficient (Wildman–Crippen LogP) is 3.31. The highest BCUT2D eigenvalue weighted by Crippen LogP contribution is 2.30. The number of piperidine rings is 1. The monoisotopic (exact) mass is 308 g/mol. The number of likely N-dealkylation sites (tertiary alicyclic amines) is 1. The normalized spacial score (nSPS) is 24.4. The number of nitrogens with zero attached hydrogens (tertiary/aromatic N) is 1. The molecular weight excluding hydrogens is 284 g/mol. The van der Waals surface area contributed by atoms with Gasteiger partial charge < -0.3 is 10.1 Å². The SMILES string of the molecule is COc1cccc(Cl)c1CN1CCC(C2CCCN2)CC1. The van der Waals surface area contributed by atoms with Crippen LogP contribution in [0.2, 0.25) is 5.02 Å². The lowest BCUT2D eigenvalue weighted by Gasteiger charge is -2.35. The van der Waals surface area contributed by atoms with Crippen LogP contribution in [-0.2, 0) is 6.54 Å². The van der Waals surface area contributed by atoms with E-state index in [1.165, 1.54) is 32.2 Å². The molecule has 2 aliphatic rings. The molecule has 0 spiro atoms. The van der Waals surface area contributed by atoms with Gasteiger partial charge >= 0.3 is 0 Å². The van der Waals surface area contributed by atoms with Crippen molar-refractivity contribution < 1.29 is 4.74 Å². The summed E-state index contributed by atoms with van der Waals surface area (Å²) in [6.45, 7) is 4.43. The van der Waals surface area contributed by atoms with E-state index in [-0.39, 0.29) is 0 Å². The van der Waals surface area contributed by atoms with Crippen LogP contribution in [-0.4, -0.2) is 37.7 Å². The Morgan fingerprint density at radius 3 is 2.76 bits per heavy atom. The molecular formula is C17H25ClN2O. The lowest BCUT2D eigenvalue weighted by Crippen LogP contribution is -2.40. The number of hydrogen-bond acceptors (Lipinski definition) is 3. The molecule has 0 radical (unpaired) electrons. The zero-order chi connectivity index (χ0) is 14.7. The molecule has 0 saturated carbocycles. The highest BCUT2D eigenvalue weighted by atomic mass is 35.5. The molecule has 0 bridgehead atoms. The lowest BCUT2D eigenvalue weighted by molar-refractivity contribution is 0.156. The number of benzene rings is 1. The van der Waals surface area contributed by atoms with E-state index < -0.39 is 0 Å². The third-order valence-corrected chi connectivity index (χ3v) is 5.33. The largest absolute Gasteiger partial charge is 0.496 e. The summed E-state index contributed by atoms with van der Waals surface area (Å²) in [5, 5.41) is 4.47. The van der Waals surface area contributed by atoms with Crippen molar-refractivity contribution in [3.05, 3.63) is 28.8 Å². The van der Waals surface area contributed by atoms with Crippen LogP contribution < -0.4 is 10.1 Å². The lowest BCUT2D eigenvalue weighted by atomic mass is 9.88. The van der Waals surface area contributed by atoms with Crippen molar-refractivity contribution >= 4 is 11.6 Å². The minimum absolute atomic E-state index is 0.766. The molecule has 1 aromatic carbocycles. The summed E-state index contributed by atoms with van der Waals surface area (Å²) in [7, 11) is 1.72. The van der Waals surface area contributed by atoms with Gasteiger partial charge in [0.1, 0.15) is 5.75 Å². The van der Waals surface area contributed by atoms with E-state index in [2.05, 4.69) is 10.2 Å². The first-order valence-electron chi connectivity index (χ1n) is 8.05. The number of methoxy groups -OCH3 is 1. The van der Waals surface area contributed by atoms with Crippen LogP contribution in [0.1, 0.15) is 31.2 Å². The number of hydrogen-bond donors (Lipinski definition) is 1. The molecule has 3 nitrogen and oxygen atoms in total. The summed E-state index contributed by atoms with van der Waals surface area (Å²) < 4.78 is 5.45. The quantitative estimate of drug-likeness (QED) is 0.923. The van der Waals surface area contributed by atoms with Gasteiger partial charge in [0.2, 0.25) is 0 Å². The van der Waals surface area contributed by atoms with E-state index in [9.17, 15) is 0 Å². The average Bonchev–Trinajstić information content (AvgIpc) is 3.04. The van der Waals surface area contributed by atoms with Crippen LogP contribution in [0.3, 0.4) is 0 Å². The van der Waals surface area contributed by atoms with Crippen LogP contribution >= 0.6 is 11.6 Å². The minimum atomic E-state index is 0.766. The van der Waals surface area contributed by atoms with Gasteiger partial charge in [-0.3, -0.25) is 4.90 Å². The van der Waals surface area contributed by atoms with Gasteiger partial charge in [0, 0.05) is 23.2 Å². The van der Waals surface area contributed by atoms with Crippen molar-refractivity contribution in [2.45, 2.75) is 38.3 Å². The topological polar surface area (TPSA) is 24.5 Å². The fourth-order valence-corrected chi connectivity index (χ4v) is 3.96. The smallest absolute Gasteiger partial charge is 0.124 e.